The Hall–Kier alpha value is -2.70. The number of amides is 1. The maximum Gasteiger partial charge on any atom is 0.222 e. The molecular weight excluding hydrogens is 294 g/mol. The van der Waals surface area contributed by atoms with Crippen molar-refractivity contribution in [2.45, 2.75) is 25.8 Å². The van der Waals surface area contributed by atoms with Crippen molar-refractivity contribution in [2.75, 3.05) is 18.8 Å². The second-order valence-electron chi connectivity index (χ2n) is 5.65. The zero-order valence-electron chi connectivity index (χ0n) is 12.8. The van der Waals surface area contributed by atoms with E-state index >= 15 is 0 Å². The van der Waals surface area contributed by atoms with Gasteiger partial charge >= 0.3 is 0 Å². The van der Waals surface area contributed by atoms with Crippen molar-refractivity contribution in [3.05, 3.63) is 30.2 Å². The Balaban J connectivity index is 1.68. The molecule has 1 aliphatic rings. The fraction of sp³-hybridized carbons (Fsp3) is 0.375. The van der Waals surface area contributed by atoms with E-state index in [9.17, 15) is 9.59 Å². The Kier molecular flexibility index (Phi) is 4.36. The van der Waals surface area contributed by atoms with Gasteiger partial charge in [-0.2, -0.15) is 5.10 Å². The number of rotatable bonds is 5. The molecule has 0 aromatic carbocycles. The van der Waals surface area contributed by atoms with Crippen LogP contribution in [0.15, 0.2) is 24.7 Å². The molecule has 3 heterocycles. The molecule has 1 amide bonds. The van der Waals surface area contributed by atoms with E-state index in [1.165, 1.54) is 0 Å². The molecule has 23 heavy (non-hydrogen) atoms. The van der Waals surface area contributed by atoms with Crippen molar-refractivity contribution in [2.24, 2.45) is 0 Å². The molecule has 0 atom stereocenters. The minimum Gasteiger partial charge on any atom is -0.383 e. The molecular formula is C16H19N5O2. The third kappa shape index (κ3) is 3.39. The number of piperidine rings is 1. The standard InChI is InChI=1S/C16H19N5O2/c17-16-13(11-22)7-12(8-18-16)14-9-19-21(10-14)6-5-20-4-2-1-3-15(20)23/h7-11H,1-6H2,(H2,17,18). The van der Waals surface area contributed by atoms with Gasteiger partial charge in [-0.1, -0.05) is 0 Å². The van der Waals surface area contributed by atoms with Gasteiger partial charge in [0.15, 0.2) is 6.29 Å². The van der Waals surface area contributed by atoms with Crippen molar-refractivity contribution >= 4 is 18.0 Å². The first-order valence-electron chi connectivity index (χ1n) is 7.68. The van der Waals surface area contributed by atoms with Gasteiger partial charge in [0.2, 0.25) is 5.91 Å². The molecule has 2 aromatic heterocycles. The summed E-state index contributed by atoms with van der Waals surface area (Å²) >= 11 is 0. The number of hydrogen-bond acceptors (Lipinski definition) is 5. The van der Waals surface area contributed by atoms with Crippen LogP contribution in [-0.2, 0) is 11.3 Å². The smallest absolute Gasteiger partial charge is 0.222 e. The average molecular weight is 313 g/mol. The summed E-state index contributed by atoms with van der Waals surface area (Å²) in [5.41, 5.74) is 7.65. The molecule has 7 nitrogen and oxygen atoms in total. The van der Waals surface area contributed by atoms with Crippen LogP contribution < -0.4 is 5.73 Å². The highest BCUT2D eigenvalue weighted by Gasteiger charge is 2.17. The third-order valence-corrected chi connectivity index (χ3v) is 4.06. The van der Waals surface area contributed by atoms with Crippen LogP contribution >= 0.6 is 0 Å². The highest BCUT2D eigenvalue weighted by Crippen LogP contribution is 2.20. The van der Waals surface area contributed by atoms with E-state index < -0.39 is 0 Å². The summed E-state index contributed by atoms with van der Waals surface area (Å²) in [4.78, 5) is 28.6. The first-order chi connectivity index (χ1) is 11.2. The Labute approximate surface area is 134 Å². The Morgan fingerprint density at radius 2 is 2.09 bits per heavy atom. The van der Waals surface area contributed by atoms with E-state index in [0.717, 1.165) is 30.5 Å². The first-order valence-corrected chi connectivity index (χ1v) is 7.68. The molecule has 7 heteroatoms. The number of anilines is 1. The SMILES string of the molecule is Nc1ncc(-c2cnn(CCN3CCCCC3=O)c2)cc1C=O. The molecule has 0 aliphatic carbocycles. The topological polar surface area (TPSA) is 94.1 Å². The number of hydrogen-bond donors (Lipinski definition) is 1. The summed E-state index contributed by atoms with van der Waals surface area (Å²) < 4.78 is 1.80. The van der Waals surface area contributed by atoms with Gasteiger partial charge in [-0.25, -0.2) is 4.98 Å². The monoisotopic (exact) mass is 313 g/mol. The van der Waals surface area contributed by atoms with E-state index in [0.29, 0.717) is 31.4 Å². The van der Waals surface area contributed by atoms with Crippen LogP contribution in [-0.4, -0.2) is 44.9 Å². The van der Waals surface area contributed by atoms with Crippen molar-refractivity contribution in [3.8, 4) is 11.1 Å². The minimum absolute atomic E-state index is 0.222. The normalized spacial score (nSPS) is 15.0. The number of nitrogens with two attached hydrogens (primary N) is 1. The van der Waals surface area contributed by atoms with Crippen LogP contribution in [0.2, 0.25) is 0 Å². The summed E-state index contributed by atoms with van der Waals surface area (Å²) in [6.45, 7) is 2.14. The lowest BCUT2D eigenvalue weighted by atomic mass is 10.1. The van der Waals surface area contributed by atoms with E-state index in [1.807, 2.05) is 11.1 Å². The Morgan fingerprint density at radius 3 is 2.87 bits per heavy atom. The van der Waals surface area contributed by atoms with Gasteiger partial charge in [-0.3, -0.25) is 14.3 Å². The number of carbonyl (C=O) groups excluding carboxylic acids is 2. The molecule has 0 radical (unpaired) electrons. The van der Waals surface area contributed by atoms with Crippen LogP contribution in [0.3, 0.4) is 0 Å². The van der Waals surface area contributed by atoms with Crippen molar-refractivity contribution < 1.29 is 9.59 Å². The van der Waals surface area contributed by atoms with E-state index in [2.05, 4.69) is 10.1 Å². The molecule has 0 spiro atoms. The number of nitrogens with zero attached hydrogens (tertiary/aromatic N) is 4. The third-order valence-electron chi connectivity index (χ3n) is 4.06. The van der Waals surface area contributed by atoms with Crippen LogP contribution in [0.25, 0.3) is 11.1 Å². The van der Waals surface area contributed by atoms with Gasteiger partial charge < -0.3 is 10.6 Å². The van der Waals surface area contributed by atoms with Gasteiger partial charge in [0.1, 0.15) is 5.82 Å². The van der Waals surface area contributed by atoms with Crippen molar-refractivity contribution in [1.82, 2.24) is 19.7 Å². The lowest BCUT2D eigenvalue weighted by Gasteiger charge is -2.26. The summed E-state index contributed by atoms with van der Waals surface area (Å²) in [6, 6.07) is 1.70. The fourth-order valence-corrected chi connectivity index (χ4v) is 2.70. The van der Waals surface area contributed by atoms with Crippen LogP contribution in [0.4, 0.5) is 5.82 Å². The Morgan fingerprint density at radius 1 is 1.22 bits per heavy atom. The number of pyridine rings is 1. The summed E-state index contributed by atoms with van der Waals surface area (Å²) in [5.74, 6) is 0.446. The predicted octanol–water partition coefficient (Wildman–Crippen LogP) is 1.35. The van der Waals surface area contributed by atoms with Gasteiger partial charge in [-0.05, 0) is 18.9 Å². The maximum absolute atomic E-state index is 11.8. The van der Waals surface area contributed by atoms with Crippen LogP contribution in [0.5, 0.6) is 0 Å². The molecule has 0 bridgehead atoms. The number of aldehydes is 1. The van der Waals surface area contributed by atoms with Gasteiger partial charge in [0.05, 0.1) is 18.3 Å². The molecule has 3 rings (SSSR count). The zero-order valence-corrected chi connectivity index (χ0v) is 12.8. The predicted molar refractivity (Wildman–Crippen MR) is 85.7 cm³/mol. The highest BCUT2D eigenvalue weighted by molar-refractivity contribution is 5.84. The lowest BCUT2D eigenvalue weighted by Crippen LogP contribution is -2.37. The zero-order chi connectivity index (χ0) is 16.2. The fourth-order valence-electron chi connectivity index (χ4n) is 2.70. The quantitative estimate of drug-likeness (QED) is 0.841. The van der Waals surface area contributed by atoms with E-state index in [1.54, 1.807) is 23.1 Å². The number of likely N-dealkylation sites (tertiary alicyclic amines) is 1. The molecule has 0 unspecified atom stereocenters. The second kappa shape index (κ2) is 6.60. The first kappa shape index (κ1) is 15.2. The molecule has 2 aromatic rings. The number of aromatic nitrogens is 3. The van der Waals surface area contributed by atoms with Gasteiger partial charge in [-0.15, -0.1) is 0 Å². The van der Waals surface area contributed by atoms with Gasteiger partial charge in [0.25, 0.3) is 0 Å². The van der Waals surface area contributed by atoms with Gasteiger partial charge in [0, 0.05) is 43.0 Å². The van der Waals surface area contributed by atoms with Crippen molar-refractivity contribution in [1.29, 1.82) is 0 Å². The summed E-state index contributed by atoms with van der Waals surface area (Å²) in [6.07, 6.45) is 8.63. The lowest BCUT2D eigenvalue weighted by molar-refractivity contribution is -0.133. The summed E-state index contributed by atoms with van der Waals surface area (Å²) in [7, 11) is 0. The van der Waals surface area contributed by atoms with E-state index in [4.69, 9.17) is 5.73 Å². The highest BCUT2D eigenvalue weighted by atomic mass is 16.2. The summed E-state index contributed by atoms with van der Waals surface area (Å²) in [5, 5.41) is 4.31. The number of nitrogen functional groups attached to an aromatic ring is 1. The molecule has 2 N–H and O–H groups in total. The molecule has 1 saturated heterocycles. The van der Waals surface area contributed by atoms with Crippen molar-refractivity contribution in [3.63, 3.8) is 0 Å². The molecule has 120 valence electrons. The largest absolute Gasteiger partial charge is 0.383 e. The molecule has 1 aliphatic heterocycles. The van der Waals surface area contributed by atoms with E-state index in [-0.39, 0.29) is 11.7 Å². The molecule has 1 fully saturated rings. The van der Waals surface area contributed by atoms with Crippen LogP contribution in [0.1, 0.15) is 29.6 Å². The van der Waals surface area contributed by atoms with Crippen LogP contribution in [0, 0.1) is 0 Å². The second-order valence-corrected chi connectivity index (χ2v) is 5.65. The Bertz CT molecular complexity index is 725. The average Bonchev–Trinajstić information content (AvgIpc) is 3.03. The maximum atomic E-state index is 11.8. The minimum atomic E-state index is 0.222. The molecule has 0 saturated carbocycles. The number of carbonyl (C=O) groups is 2.